The molecule has 2 nitrogen and oxygen atoms in total. The molecular formula is C11H20ClNO. The first-order valence-electron chi connectivity index (χ1n) is 5.75. The first-order chi connectivity index (χ1) is 6.62. The Morgan fingerprint density at radius 2 is 2.00 bits per heavy atom. The Bertz CT molecular complexity index is 205. The number of hydrogen-bond acceptors (Lipinski definition) is 2. The topological polar surface area (TPSA) is 32.3 Å². The molecule has 0 spiro atoms. The minimum atomic E-state index is -0.162. The summed E-state index contributed by atoms with van der Waals surface area (Å²) in [6.07, 6.45) is 6.51. The molecule has 3 unspecified atom stereocenters. The van der Waals surface area contributed by atoms with E-state index in [2.05, 4.69) is 12.2 Å². The largest absolute Gasteiger partial charge is 0.392 e. The zero-order valence-electron chi connectivity index (χ0n) is 8.80. The Labute approximate surface area is 91.0 Å². The lowest BCUT2D eigenvalue weighted by Crippen LogP contribution is -2.49. The van der Waals surface area contributed by atoms with Gasteiger partial charge in [0.2, 0.25) is 0 Å². The van der Waals surface area contributed by atoms with E-state index in [-0.39, 0.29) is 17.0 Å². The second-order valence-corrected chi connectivity index (χ2v) is 5.63. The Morgan fingerprint density at radius 3 is 2.57 bits per heavy atom. The van der Waals surface area contributed by atoms with Gasteiger partial charge in [-0.2, -0.15) is 0 Å². The van der Waals surface area contributed by atoms with Crippen molar-refractivity contribution in [1.29, 1.82) is 0 Å². The summed E-state index contributed by atoms with van der Waals surface area (Å²) in [5.41, 5.74) is 0. The fraction of sp³-hybridized carbons (Fsp3) is 1.00. The smallest absolute Gasteiger partial charge is 0.0693 e. The maximum absolute atomic E-state index is 9.80. The fourth-order valence-electron chi connectivity index (χ4n) is 2.33. The van der Waals surface area contributed by atoms with Crippen LogP contribution >= 0.6 is 11.6 Å². The minimum absolute atomic E-state index is 0.00281. The van der Waals surface area contributed by atoms with Gasteiger partial charge in [-0.1, -0.05) is 12.8 Å². The average molecular weight is 218 g/mol. The van der Waals surface area contributed by atoms with E-state index >= 15 is 0 Å². The van der Waals surface area contributed by atoms with E-state index in [0.29, 0.717) is 6.04 Å². The Kier molecular flexibility index (Phi) is 3.06. The zero-order valence-corrected chi connectivity index (χ0v) is 9.56. The van der Waals surface area contributed by atoms with Crippen molar-refractivity contribution < 1.29 is 5.11 Å². The quantitative estimate of drug-likeness (QED) is 0.710. The highest BCUT2D eigenvalue weighted by Crippen LogP contribution is 2.45. The lowest BCUT2D eigenvalue weighted by Gasteiger charge is -2.32. The summed E-state index contributed by atoms with van der Waals surface area (Å²) in [7, 11) is 0. The normalized spacial score (nSPS) is 37.9. The molecule has 82 valence electrons. The van der Waals surface area contributed by atoms with Crippen molar-refractivity contribution in [1.82, 2.24) is 5.32 Å². The van der Waals surface area contributed by atoms with Gasteiger partial charge in [-0.05, 0) is 32.6 Å². The molecule has 2 aliphatic rings. The summed E-state index contributed by atoms with van der Waals surface area (Å²) in [5, 5.41) is 13.3. The zero-order chi connectivity index (χ0) is 10.2. The van der Waals surface area contributed by atoms with Crippen LogP contribution in [0.15, 0.2) is 0 Å². The van der Waals surface area contributed by atoms with Crippen LogP contribution in [0.3, 0.4) is 0 Å². The molecule has 0 radical (unpaired) electrons. The van der Waals surface area contributed by atoms with Crippen LogP contribution in [0.5, 0.6) is 0 Å². The highest BCUT2D eigenvalue weighted by atomic mass is 35.5. The molecule has 2 aliphatic carbocycles. The van der Waals surface area contributed by atoms with E-state index in [1.54, 1.807) is 0 Å². The second kappa shape index (κ2) is 3.99. The summed E-state index contributed by atoms with van der Waals surface area (Å²) >= 11 is 6.32. The minimum Gasteiger partial charge on any atom is -0.392 e. The molecule has 3 heteroatoms. The molecule has 0 saturated heterocycles. The number of aliphatic hydroxyl groups is 1. The predicted molar refractivity (Wildman–Crippen MR) is 58.7 cm³/mol. The van der Waals surface area contributed by atoms with Crippen LogP contribution in [-0.4, -0.2) is 28.2 Å². The van der Waals surface area contributed by atoms with Gasteiger partial charge in [0.05, 0.1) is 11.0 Å². The van der Waals surface area contributed by atoms with Gasteiger partial charge in [0.15, 0.2) is 0 Å². The summed E-state index contributed by atoms with van der Waals surface area (Å²) in [4.78, 5) is -0.00281. The highest BCUT2D eigenvalue weighted by molar-refractivity contribution is 6.26. The molecule has 0 aliphatic heterocycles. The maximum Gasteiger partial charge on any atom is 0.0693 e. The molecule has 2 fully saturated rings. The van der Waals surface area contributed by atoms with Gasteiger partial charge in [0, 0.05) is 12.1 Å². The average Bonchev–Trinajstić information content (AvgIpc) is 2.89. The summed E-state index contributed by atoms with van der Waals surface area (Å²) in [6, 6.07) is 0.608. The molecule has 0 bridgehead atoms. The molecule has 3 atom stereocenters. The van der Waals surface area contributed by atoms with Crippen LogP contribution in [0, 0.1) is 0 Å². The van der Waals surface area contributed by atoms with Crippen molar-refractivity contribution in [2.24, 2.45) is 0 Å². The van der Waals surface area contributed by atoms with Crippen molar-refractivity contribution in [3.63, 3.8) is 0 Å². The summed E-state index contributed by atoms with van der Waals surface area (Å²) < 4.78 is 0. The van der Waals surface area contributed by atoms with Crippen molar-refractivity contribution in [2.45, 2.75) is 68.5 Å². The lowest BCUT2D eigenvalue weighted by molar-refractivity contribution is 0.0852. The van der Waals surface area contributed by atoms with Gasteiger partial charge in [0.1, 0.15) is 0 Å². The van der Waals surface area contributed by atoms with Gasteiger partial charge >= 0.3 is 0 Å². The van der Waals surface area contributed by atoms with E-state index in [1.807, 2.05) is 0 Å². The third kappa shape index (κ3) is 2.23. The van der Waals surface area contributed by atoms with Crippen LogP contribution < -0.4 is 5.32 Å². The van der Waals surface area contributed by atoms with Gasteiger partial charge < -0.3 is 10.4 Å². The predicted octanol–water partition coefficient (Wildman–Crippen LogP) is 2.04. The van der Waals surface area contributed by atoms with Gasteiger partial charge in [0.25, 0.3) is 0 Å². The molecule has 0 heterocycles. The summed E-state index contributed by atoms with van der Waals surface area (Å²) in [6.45, 7) is 2.14. The maximum atomic E-state index is 9.80. The van der Waals surface area contributed by atoms with E-state index in [9.17, 15) is 5.11 Å². The number of hydrogen-bond donors (Lipinski definition) is 2. The molecule has 0 amide bonds. The van der Waals surface area contributed by atoms with Gasteiger partial charge in [-0.15, -0.1) is 11.6 Å². The number of rotatable bonds is 3. The van der Waals surface area contributed by atoms with E-state index < -0.39 is 0 Å². The third-order valence-corrected chi connectivity index (χ3v) is 4.40. The molecular weight excluding hydrogens is 198 g/mol. The van der Waals surface area contributed by atoms with E-state index in [0.717, 1.165) is 25.7 Å². The molecule has 0 aromatic rings. The fourth-order valence-corrected chi connectivity index (χ4v) is 2.49. The van der Waals surface area contributed by atoms with Crippen molar-refractivity contribution in [2.75, 3.05) is 0 Å². The van der Waals surface area contributed by atoms with Gasteiger partial charge in [-0.3, -0.25) is 0 Å². The van der Waals surface area contributed by atoms with Crippen molar-refractivity contribution >= 4 is 11.6 Å². The molecule has 14 heavy (non-hydrogen) atoms. The monoisotopic (exact) mass is 217 g/mol. The van der Waals surface area contributed by atoms with Crippen LogP contribution in [0.4, 0.5) is 0 Å². The van der Waals surface area contributed by atoms with E-state index in [4.69, 9.17) is 11.6 Å². The summed E-state index contributed by atoms with van der Waals surface area (Å²) in [5.74, 6) is 0. The Morgan fingerprint density at radius 1 is 1.36 bits per heavy atom. The molecule has 0 aromatic carbocycles. The highest BCUT2D eigenvalue weighted by Gasteiger charge is 2.46. The SMILES string of the molecule is CC(NC1CCCCC1O)C1(Cl)CC1. The van der Waals surface area contributed by atoms with Crippen molar-refractivity contribution in [3.8, 4) is 0 Å². The Hall–Kier alpha value is 0.210. The third-order valence-electron chi connectivity index (χ3n) is 3.70. The second-order valence-electron chi connectivity index (χ2n) is 4.88. The lowest BCUT2D eigenvalue weighted by atomic mass is 9.92. The number of nitrogens with one attached hydrogen (secondary N) is 1. The standard InChI is InChI=1S/C11H20ClNO/c1-8(11(12)6-7-11)13-9-4-2-3-5-10(9)14/h8-10,13-14H,2-7H2,1H3. The number of aliphatic hydroxyl groups excluding tert-OH is 1. The first kappa shape index (κ1) is 10.7. The van der Waals surface area contributed by atoms with Crippen LogP contribution in [0.2, 0.25) is 0 Å². The van der Waals surface area contributed by atoms with E-state index in [1.165, 1.54) is 12.8 Å². The van der Waals surface area contributed by atoms with Crippen LogP contribution in [0.1, 0.15) is 45.4 Å². The molecule has 2 rings (SSSR count). The number of alkyl halides is 1. The Balaban J connectivity index is 1.83. The van der Waals surface area contributed by atoms with Crippen LogP contribution in [-0.2, 0) is 0 Å². The molecule has 2 saturated carbocycles. The first-order valence-corrected chi connectivity index (χ1v) is 6.13. The van der Waals surface area contributed by atoms with Gasteiger partial charge in [-0.25, -0.2) is 0 Å². The van der Waals surface area contributed by atoms with Crippen LogP contribution in [0.25, 0.3) is 0 Å². The molecule has 2 N–H and O–H groups in total. The molecule has 0 aromatic heterocycles. The van der Waals surface area contributed by atoms with Crippen molar-refractivity contribution in [3.05, 3.63) is 0 Å². The number of halogens is 1.